The predicted molar refractivity (Wildman–Crippen MR) is 65.2 cm³/mol. The molecule has 0 saturated carbocycles. The number of carbonyl (C=O) groups is 1. The van der Waals surface area contributed by atoms with Gasteiger partial charge in [-0.05, 0) is 18.6 Å². The predicted octanol–water partition coefficient (Wildman–Crippen LogP) is 2.38. The number of aromatic nitrogens is 3. The molecule has 0 saturated heterocycles. The van der Waals surface area contributed by atoms with E-state index in [2.05, 4.69) is 10.1 Å². The van der Waals surface area contributed by atoms with Crippen molar-refractivity contribution >= 4 is 17.4 Å². The molecule has 0 radical (unpaired) electrons. The Morgan fingerprint density at radius 1 is 1.47 bits per heavy atom. The number of hydrogen-bond acceptors (Lipinski definition) is 3. The maximum absolute atomic E-state index is 12.1. The zero-order valence-electron chi connectivity index (χ0n) is 9.43. The standard InChI is InChI=1S/C12H12ClN3O/c1-2-16-12(10(13)8-15-16)11(17)6-9-4-3-5-14-7-9/h3-5,7-8H,2,6H2,1H3. The molecule has 0 amide bonds. The lowest BCUT2D eigenvalue weighted by Crippen LogP contribution is -2.12. The molecule has 0 bridgehead atoms. The van der Waals surface area contributed by atoms with Crippen molar-refractivity contribution in [1.82, 2.24) is 14.8 Å². The van der Waals surface area contributed by atoms with Crippen LogP contribution in [0.1, 0.15) is 23.0 Å². The minimum absolute atomic E-state index is 0.0395. The number of carbonyl (C=O) groups excluding carboxylic acids is 1. The number of rotatable bonds is 4. The molecule has 0 N–H and O–H groups in total. The summed E-state index contributed by atoms with van der Waals surface area (Å²) in [5.74, 6) is -0.0395. The van der Waals surface area contributed by atoms with Crippen LogP contribution in [0.2, 0.25) is 5.02 Å². The molecule has 88 valence electrons. The third-order valence-corrected chi connectivity index (χ3v) is 2.72. The molecule has 0 aliphatic heterocycles. The van der Waals surface area contributed by atoms with Crippen molar-refractivity contribution in [2.24, 2.45) is 0 Å². The summed E-state index contributed by atoms with van der Waals surface area (Å²) in [5, 5.41) is 4.45. The van der Waals surface area contributed by atoms with E-state index in [0.29, 0.717) is 23.7 Å². The third-order valence-electron chi connectivity index (χ3n) is 2.45. The van der Waals surface area contributed by atoms with Crippen molar-refractivity contribution in [2.45, 2.75) is 19.9 Å². The topological polar surface area (TPSA) is 47.8 Å². The molecule has 0 aliphatic rings. The van der Waals surface area contributed by atoms with Gasteiger partial charge in [0.25, 0.3) is 0 Å². The molecule has 4 nitrogen and oxygen atoms in total. The monoisotopic (exact) mass is 249 g/mol. The van der Waals surface area contributed by atoms with Gasteiger partial charge >= 0.3 is 0 Å². The summed E-state index contributed by atoms with van der Waals surface area (Å²) in [6.07, 6.45) is 5.15. The van der Waals surface area contributed by atoms with Crippen LogP contribution in [0.4, 0.5) is 0 Å². The zero-order chi connectivity index (χ0) is 12.3. The highest BCUT2D eigenvalue weighted by Crippen LogP contribution is 2.17. The van der Waals surface area contributed by atoms with E-state index < -0.39 is 0 Å². The molecule has 0 aliphatic carbocycles. The molecule has 0 unspecified atom stereocenters. The Hall–Kier alpha value is -1.68. The van der Waals surface area contributed by atoms with Gasteiger partial charge in [-0.15, -0.1) is 0 Å². The van der Waals surface area contributed by atoms with Crippen molar-refractivity contribution < 1.29 is 4.79 Å². The van der Waals surface area contributed by atoms with E-state index in [-0.39, 0.29) is 5.78 Å². The molecule has 2 rings (SSSR count). The number of hydrogen-bond donors (Lipinski definition) is 0. The second kappa shape index (κ2) is 5.10. The van der Waals surface area contributed by atoms with Crippen LogP contribution >= 0.6 is 11.6 Å². The minimum atomic E-state index is -0.0395. The molecule has 2 heterocycles. The number of nitrogens with zero attached hydrogens (tertiary/aromatic N) is 3. The van der Waals surface area contributed by atoms with Crippen LogP contribution in [-0.4, -0.2) is 20.5 Å². The van der Waals surface area contributed by atoms with E-state index >= 15 is 0 Å². The second-order valence-electron chi connectivity index (χ2n) is 3.62. The molecule has 2 aromatic heterocycles. The Balaban J connectivity index is 2.23. The van der Waals surface area contributed by atoms with Crippen molar-refractivity contribution in [3.63, 3.8) is 0 Å². The first-order valence-electron chi connectivity index (χ1n) is 5.35. The first-order valence-corrected chi connectivity index (χ1v) is 5.73. The SMILES string of the molecule is CCn1ncc(Cl)c1C(=O)Cc1cccnc1. The summed E-state index contributed by atoms with van der Waals surface area (Å²) >= 11 is 5.97. The highest BCUT2D eigenvalue weighted by atomic mass is 35.5. The van der Waals surface area contributed by atoms with Crippen LogP contribution in [0.5, 0.6) is 0 Å². The van der Waals surface area contributed by atoms with E-state index in [4.69, 9.17) is 11.6 Å². The quantitative estimate of drug-likeness (QED) is 0.782. The van der Waals surface area contributed by atoms with Crippen molar-refractivity contribution in [2.75, 3.05) is 0 Å². The molecule has 2 aromatic rings. The first kappa shape index (κ1) is 11.8. The van der Waals surface area contributed by atoms with Crippen molar-refractivity contribution in [3.8, 4) is 0 Å². The Labute approximate surface area is 104 Å². The lowest BCUT2D eigenvalue weighted by Gasteiger charge is -2.04. The maximum Gasteiger partial charge on any atom is 0.186 e. The molecule has 17 heavy (non-hydrogen) atoms. The van der Waals surface area contributed by atoms with Gasteiger partial charge in [0, 0.05) is 25.4 Å². The van der Waals surface area contributed by atoms with Gasteiger partial charge < -0.3 is 0 Å². The smallest absolute Gasteiger partial charge is 0.186 e. The number of ketones is 1. The number of Topliss-reactive ketones (excluding diaryl/α,β-unsaturated/α-hetero) is 1. The fraction of sp³-hybridized carbons (Fsp3) is 0.250. The molecule has 0 spiro atoms. The van der Waals surface area contributed by atoms with Crippen molar-refractivity contribution in [1.29, 1.82) is 0 Å². The molecule has 0 atom stereocenters. The minimum Gasteiger partial charge on any atom is -0.292 e. The zero-order valence-corrected chi connectivity index (χ0v) is 10.2. The molecular weight excluding hydrogens is 238 g/mol. The molecule has 5 heteroatoms. The van der Waals surface area contributed by atoms with E-state index in [1.165, 1.54) is 6.20 Å². The summed E-state index contributed by atoms with van der Waals surface area (Å²) in [6.45, 7) is 2.55. The van der Waals surface area contributed by atoms with Gasteiger partial charge in [-0.3, -0.25) is 14.5 Å². The van der Waals surface area contributed by atoms with Gasteiger partial charge in [0.2, 0.25) is 0 Å². The fourth-order valence-electron chi connectivity index (χ4n) is 1.65. The van der Waals surface area contributed by atoms with Crippen LogP contribution in [0.3, 0.4) is 0 Å². The van der Waals surface area contributed by atoms with Crippen LogP contribution < -0.4 is 0 Å². The van der Waals surface area contributed by atoms with Crippen LogP contribution in [0, 0.1) is 0 Å². The summed E-state index contributed by atoms with van der Waals surface area (Å²) < 4.78 is 1.61. The van der Waals surface area contributed by atoms with E-state index in [1.54, 1.807) is 23.1 Å². The summed E-state index contributed by atoms with van der Waals surface area (Å²) in [7, 11) is 0. The largest absolute Gasteiger partial charge is 0.292 e. The summed E-state index contributed by atoms with van der Waals surface area (Å²) in [5.41, 5.74) is 1.34. The Morgan fingerprint density at radius 2 is 2.29 bits per heavy atom. The average molecular weight is 250 g/mol. The van der Waals surface area contributed by atoms with Crippen LogP contribution in [0.25, 0.3) is 0 Å². The molecular formula is C12H12ClN3O. The Kier molecular flexibility index (Phi) is 3.54. The number of halogens is 1. The average Bonchev–Trinajstić information content (AvgIpc) is 2.71. The maximum atomic E-state index is 12.1. The first-order chi connectivity index (χ1) is 8.22. The normalized spacial score (nSPS) is 10.5. The van der Waals surface area contributed by atoms with E-state index in [1.807, 2.05) is 13.0 Å². The summed E-state index contributed by atoms with van der Waals surface area (Å²) in [6, 6.07) is 3.67. The van der Waals surface area contributed by atoms with Gasteiger partial charge in [-0.2, -0.15) is 5.10 Å². The second-order valence-corrected chi connectivity index (χ2v) is 4.03. The van der Waals surface area contributed by atoms with E-state index in [0.717, 1.165) is 5.56 Å². The lowest BCUT2D eigenvalue weighted by molar-refractivity contribution is 0.0983. The van der Waals surface area contributed by atoms with Gasteiger partial charge in [0.15, 0.2) is 5.78 Å². The van der Waals surface area contributed by atoms with Gasteiger partial charge in [0.05, 0.1) is 11.2 Å². The Morgan fingerprint density at radius 3 is 2.94 bits per heavy atom. The lowest BCUT2D eigenvalue weighted by atomic mass is 10.1. The van der Waals surface area contributed by atoms with Gasteiger partial charge in [-0.1, -0.05) is 17.7 Å². The third kappa shape index (κ3) is 2.53. The summed E-state index contributed by atoms with van der Waals surface area (Å²) in [4.78, 5) is 16.1. The molecule has 0 fully saturated rings. The highest BCUT2D eigenvalue weighted by Gasteiger charge is 2.16. The highest BCUT2D eigenvalue weighted by molar-refractivity contribution is 6.33. The number of pyridine rings is 1. The fourth-order valence-corrected chi connectivity index (χ4v) is 1.90. The van der Waals surface area contributed by atoms with Crippen LogP contribution in [-0.2, 0) is 13.0 Å². The number of aryl methyl sites for hydroxylation is 1. The Bertz CT molecular complexity index is 522. The van der Waals surface area contributed by atoms with Gasteiger partial charge in [0.1, 0.15) is 5.69 Å². The van der Waals surface area contributed by atoms with Gasteiger partial charge in [-0.25, -0.2) is 0 Å². The van der Waals surface area contributed by atoms with Crippen molar-refractivity contribution in [3.05, 3.63) is 47.0 Å². The van der Waals surface area contributed by atoms with E-state index in [9.17, 15) is 4.79 Å². The van der Waals surface area contributed by atoms with Crippen LogP contribution in [0.15, 0.2) is 30.7 Å². The molecule has 0 aromatic carbocycles.